The molecule has 2 atom stereocenters. The molecular formula is C23H24F2N2O3. The molecule has 7 heteroatoms. The third-order valence-corrected chi connectivity index (χ3v) is 6.57. The zero-order valence-corrected chi connectivity index (χ0v) is 16.8. The van der Waals surface area contributed by atoms with E-state index in [0.29, 0.717) is 31.8 Å². The molecule has 0 radical (unpaired) electrons. The highest BCUT2D eigenvalue weighted by atomic mass is 19.2. The fourth-order valence-corrected chi connectivity index (χ4v) is 4.65. The largest absolute Gasteiger partial charge is 0.481 e. The number of carboxylic acid groups (broad SMARTS) is 1. The number of hydrogen-bond acceptors (Lipinski definition) is 4. The molecule has 2 fully saturated rings. The van der Waals surface area contributed by atoms with Gasteiger partial charge in [-0.1, -0.05) is 25.1 Å². The van der Waals surface area contributed by atoms with Crippen molar-refractivity contribution in [2.24, 2.45) is 11.8 Å². The fraction of sp³-hybridized carbons (Fsp3) is 0.478. The van der Waals surface area contributed by atoms with Gasteiger partial charge in [0.2, 0.25) is 11.7 Å². The van der Waals surface area contributed by atoms with E-state index in [4.69, 9.17) is 9.84 Å². The van der Waals surface area contributed by atoms with Gasteiger partial charge in [0, 0.05) is 19.2 Å². The van der Waals surface area contributed by atoms with Crippen molar-refractivity contribution < 1.29 is 23.4 Å². The third-order valence-electron chi connectivity index (χ3n) is 6.57. The first-order chi connectivity index (χ1) is 14.4. The minimum Gasteiger partial charge on any atom is -0.481 e. The van der Waals surface area contributed by atoms with Crippen LogP contribution in [0.5, 0.6) is 5.88 Å². The number of benzene rings is 1. The number of aromatic nitrogens is 1. The van der Waals surface area contributed by atoms with Gasteiger partial charge in [-0.2, -0.15) is 9.37 Å². The van der Waals surface area contributed by atoms with E-state index < -0.39 is 17.6 Å². The van der Waals surface area contributed by atoms with Crippen LogP contribution in [0.15, 0.2) is 24.3 Å². The number of hydrogen-bond donors (Lipinski definition) is 1. The van der Waals surface area contributed by atoms with E-state index in [9.17, 15) is 13.6 Å². The van der Waals surface area contributed by atoms with Crippen LogP contribution in [0.4, 0.5) is 14.6 Å². The highest BCUT2D eigenvalue weighted by Crippen LogP contribution is 2.48. The Labute approximate surface area is 173 Å². The molecule has 2 heterocycles. The second kappa shape index (κ2) is 7.22. The van der Waals surface area contributed by atoms with E-state index in [0.717, 1.165) is 35.6 Å². The van der Waals surface area contributed by atoms with Crippen LogP contribution >= 0.6 is 0 Å². The molecule has 2 aromatic rings. The Morgan fingerprint density at radius 3 is 2.70 bits per heavy atom. The third kappa shape index (κ3) is 3.50. The quantitative estimate of drug-likeness (QED) is 0.791. The van der Waals surface area contributed by atoms with Crippen LogP contribution in [0, 0.1) is 23.5 Å². The number of nitrogens with zero attached hydrogens (tertiary/aromatic N) is 2. The number of halogens is 2. The van der Waals surface area contributed by atoms with Gasteiger partial charge < -0.3 is 14.7 Å². The molecule has 3 aliphatic rings. The summed E-state index contributed by atoms with van der Waals surface area (Å²) in [6.07, 6.45) is 3.17. The van der Waals surface area contributed by atoms with Gasteiger partial charge in [-0.05, 0) is 54.2 Å². The summed E-state index contributed by atoms with van der Waals surface area (Å²) < 4.78 is 34.5. The van der Waals surface area contributed by atoms with Crippen molar-refractivity contribution in [3.63, 3.8) is 0 Å². The Morgan fingerprint density at radius 2 is 2.00 bits per heavy atom. The lowest BCUT2D eigenvalue weighted by Crippen LogP contribution is -2.34. The lowest BCUT2D eigenvalue weighted by molar-refractivity contribution is -0.138. The van der Waals surface area contributed by atoms with E-state index in [2.05, 4.69) is 18.0 Å². The Balaban J connectivity index is 1.34. The molecule has 1 aliphatic heterocycles. The monoisotopic (exact) mass is 414 g/mol. The zero-order valence-electron chi connectivity index (χ0n) is 16.8. The highest BCUT2D eigenvalue weighted by molar-refractivity contribution is 5.75. The summed E-state index contributed by atoms with van der Waals surface area (Å²) in [6.45, 7) is 3.07. The number of fused-ring (bicyclic) bond motifs is 1. The predicted octanol–water partition coefficient (Wildman–Crippen LogP) is 4.29. The van der Waals surface area contributed by atoms with E-state index in [1.54, 1.807) is 4.90 Å². The molecule has 0 saturated heterocycles. The second-order valence-corrected chi connectivity index (χ2v) is 8.88. The van der Waals surface area contributed by atoms with Crippen LogP contribution < -0.4 is 9.64 Å². The summed E-state index contributed by atoms with van der Waals surface area (Å²) >= 11 is 0. The Kier molecular flexibility index (Phi) is 4.64. The zero-order chi connectivity index (χ0) is 21.0. The average molecular weight is 414 g/mol. The Hall–Kier alpha value is -2.70. The predicted molar refractivity (Wildman–Crippen MR) is 107 cm³/mol. The summed E-state index contributed by atoms with van der Waals surface area (Å²) in [7, 11) is 0. The number of aliphatic carboxylic acids is 1. The fourth-order valence-electron chi connectivity index (χ4n) is 4.65. The maximum Gasteiger partial charge on any atom is 0.307 e. The number of pyridine rings is 1. The van der Waals surface area contributed by atoms with E-state index in [1.165, 1.54) is 0 Å². The van der Waals surface area contributed by atoms with Crippen LogP contribution in [0.1, 0.15) is 48.8 Å². The van der Waals surface area contributed by atoms with Gasteiger partial charge in [0.05, 0.1) is 5.92 Å². The maximum atomic E-state index is 14.5. The van der Waals surface area contributed by atoms with Crippen LogP contribution in [-0.2, 0) is 17.8 Å². The molecule has 5 rings (SSSR count). The summed E-state index contributed by atoms with van der Waals surface area (Å²) in [4.78, 5) is 17.2. The molecule has 0 unspecified atom stereocenters. The lowest BCUT2D eigenvalue weighted by atomic mass is 9.84. The number of ether oxygens (including phenoxy) is 1. The normalized spacial score (nSPS) is 27.2. The van der Waals surface area contributed by atoms with Gasteiger partial charge in [-0.15, -0.1) is 0 Å². The standard InChI is InChI=1S/C23H24F2N2O3/c1-12-6-16(7-12)30-20-10-19(24)21(25)22(26-20)27-5-4-13-8-14(2-3-15(13)11-27)17-9-18(17)23(28)29/h2-3,8,10,12,16-18H,4-7,9,11H2,1H3,(H,28,29)/t12-,16-,17-,18+/m1/s1. The molecule has 1 aromatic heterocycles. The minimum atomic E-state index is -0.952. The number of carbonyl (C=O) groups is 1. The summed E-state index contributed by atoms with van der Waals surface area (Å²) in [6, 6.07) is 7.03. The topological polar surface area (TPSA) is 62.7 Å². The molecule has 0 spiro atoms. The minimum absolute atomic E-state index is 0.0137. The maximum absolute atomic E-state index is 14.5. The Bertz CT molecular complexity index is 1010. The van der Waals surface area contributed by atoms with Gasteiger partial charge in [0.1, 0.15) is 6.10 Å². The van der Waals surface area contributed by atoms with Gasteiger partial charge in [-0.3, -0.25) is 4.79 Å². The van der Waals surface area contributed by atoms with E-state index in [1.807, 2.05) is 12.1 Å². The molecule has 158 valence electrons. The Morgan fingerprint density at radius 1 is 1.20 bits per heavy atom. The number of rotatable bonds is 5. The molecule has 1 N–H and O–H groups in total. The van der Waals surface area contributed by atoms with Crippen LogP contribution in [0.2, 0.25) is 0 Å². The summed E-state index contributed by atoms with van der Waals surface area (Å²) in [5.41, 5.74) is 3.21. The van der Waals surface area contributed by atoms with Crippen LogP contribution in [0.25, 0.3) is 0 Å². The van der Waals surface area contributed by atoms with E-state index in [-0.39, 0.29) is 29.6 Å². The van der Waals surface area contributed by atoms with Crippen molar-refractivity contribution in [1.82, 2.24) is 4.98 Å². The van der Waals surface area contributed by atoms with Crippen LogP contribution in [0.3, 0.4) is 0 Å². The van der Waals surface area contributed by atoms with Gasteiger partial charge in [0.15, 0.2) is 11.6 Å². The average Bonchev–Trinajstić information content (AvgIpc) is 3.50. The molecular weight excluding hydrogens is 390 g/mol. The molecule has 2 aliphatic carbocycles. The first-order valence-corrected chi connectivity index (χ1v) is 10.5. The first kappa shape index (κ1) is 19.3. The van der Waals surface area contributed by atoms with Gasteiger partial charge >= 0.3 is 5.97 Å². The summed E-state index contributed by atoms with van der Waals surface area (Å²) in [5.74, 6) is -2.14. The van der Waals surface area contributed by atoms with Crippen LogP contribution in [-0.4, -0.2) is 28.7 Å². The van der Waals surface area contributed by atoms with Crippen molar-refractivity contribution in [3.05, 3.63) is 52.6 Å². The molecule has 5 nitrogen and oxygen atoms in total. The number of carboxylic acids is 1. The summed E-state index contributed by atoms with van der Waals surface area (Å²) in [5, 5.41) is 9.15. The highest BCUT2D eigenvalue weighted by Gasteiger charge is 2.44. The van der Waals surface area contributed by atoms with Crippen molar-refractivity contribution in [2.75, 3.05) is 11.4 Å². The van der Waals surface area contributed by atoms with Crippen molar-refractivity contribution in [3.8, 4) is 5.88 Å². The lowest BCUT2D eigenvalue weighted by Gasteiger charge is -2.33. The second-order valence-electron chi connectivity index (χ2n) is 8.88. The molecule has 30 heavy (non-hydrogen) atoms. The smallest absolute Gasteiger partial charge is 0.307 e. The molecule has 1 aromatic carbocycles. The molecule has 2 saturated carbocycles. The van der Waals surface area contributed by atoms with Crippen molar-refractivity contribution in [2.45, 2.75) is 51.2 Å². The SMILES string of the molecule is C[C@H]1C[C@H](Oc2cc(F)c(F)c(N3CCc4cc([C@H]5C[C@@H]5C(=O)O)ccc4C3)n2)C1. The molecule has 0 bridgehead atoms. The first-order valence-electron chi connectivity index (χ1n) is 10.5. The van der Waals surface area contributed by atoms with Gasteiger partial charge in [-0.25, -0.2) is 4.39 Å². The number of anilines is 1. The van der Waals surface area contributed by atoms with Crippen molar-refractivity contribution in [1.29, 1.82) is 0 Å². The van der Waals surface area contributed by atoms with Gasteiger partial charge in [0.25, 0.3) is 0 Å². The van der Waals surface area contributed by atoms with Crippen molar-refractivity contribution >= 4 is 11.8 Å². The molecule has 0 amide bonds. The van der Waals surface area contributed by atoms with E-state index >= 15 is 0 Å².